The van der Waals surface area contributed by atoms with E-state index in [1.165, 1.54) is 11.9 Å². The number of carbonyl (C=O) groups is 7. The number of amides is 6. The van der Waals surface area contributed by atoms with Crippen molar-refractivity contribution in [1.82, 2.24) is 15.5 Å². The van der Waals surface area contributed by atoms with Crippen molar-refractivity contribution in [2.75, 3.05) is 17.7 Å². The zero-order valence-corrected chi connectivity index (χ0v) is 31.4. The van der Waals surface area contributed by atoms with Gasteiger partial charge in [0.05, 0.1) is 24.8 Å². The number of carboxylic acids is 1. The van der Waals surface area contributed by atoms with Crippen LogP contribution in [0.1, 0.15) is 82.8 Å². The SMILES string of the molecule is C#CC[C@@H](CC(=O)[C@H](CC(=O)O)NC(=O)[C@H](CC(C)C)N(C)C(=O)Cc1ccc(NC(=O)Nc2ccccc2C)cc1)C(=O)NC1(C(N)=O)CCCCC1. The molecule has 0 radical (unpaired) electrons. The van der Waals surface area contributed by atoms with Gasteiger partial charge in [0.25, 0.3) is 0 Å². The van der Waals surface area contributed by atoms with Crippen molar-refractivity contribution in [3.63, 3.8) is 0 Å². The number of rotatable bonds is 18. The minimum Gasteiger partial charge on any atom is -0.481 e. The molecule has 14 heteroatoms. The van der Waals surface area contributed by atoms with Gasteiger partial charge in [0.1, 0.15) is 11.6 Å². The number of hydrogen-bond donors (Lipinski definition) is 6. The van der Waals surface area contributed by atoms with Gasteiger partial charge in [-0.05, 0) is 61.4 Å². The van der Waals surface area contributed by atoms with E-state index in [0.717, 1.165) is 12.0 Å². The Morgan fingerprint density at radius 3 is 2.15 bits per heavy atom. The van der Waals surface area contributed by atoms with E-state index in [1.54, 1.807) is 30.3 Å². The van der Waals surface area contributed by atoms with Crippen molar-refractivity contribution in [2.24, 2.45) is 17.6 Å². The van der Waals surface area contributed by atoms with Gasteiger partial charge in [0, 0.05) is 31.3 Å². The number of aryl methyl sites for hydroxylation is 1. The summed E-state index contributed by atoms with van der Waals surface area (Å²) in [5.41, 5.74) is 7.09. The summed E-state index contributed by atoms with van der Waals surface area (Å²) in [6.45, 7) is 5.59. The molecule has 54 heavy (non-hydrogen) atoms. The number of likely N-dealkylation sites (N-methyl/N-ethyl adjacent to an activating group) is 1. The van der Waals surface area contributed by atoms with E-state index in [-0.39, 0.29) is 25.2 Å². The summed E-state index contributed by atoms with van der Waals surface area (Å²) in [6, 6.07) is 11.0. The number of nitrogens with two attached hydrogens (primary N) is 1. The van der Waals surface area contributed by atoms with E-state index in [2.05, 4.69) is 27.2 Å². The van der Waals surface area contributed by atoms with Crippen LogP contribution in [0.4, 0.5) is 16.2 Å². The second kappa shape index (κ2) is 19.9. The van der Waals surface area contributed by atoms with Crippen LogP contribution in [0.15, 0.2) is 48.5 Å². The van der Waals surface area contributed by atoms with E-state index in [0.29, 0.717) is 42.6 Å². The number of benzene rings is 2. The van der Waals surface area contributed by atoms with Crippen molar-refractivity contribution >= 4 is 52.8 Å². The maximum Gasteiger partial charge on any atom is 0.323 e. The average molecular weight is 745 g/mol. The van der Waals surface area contributed by atoms with Crippen LogP contribution in [-0.2, 0) is 35.2 Å². The Labute approximate surface area is 316 Å². The molecule has 1 aliphatic rings. The third-order valence-corrected chi connectivity index (χ3v) is 9.63. The Balaban J connectivity index is 1.69. The van der Waals surface area contributed by atoms with Gasteiger partial charge in [-0.3, -0.25) is 28.8 Å². The van der Waals surface area contributed by atoms with Crippen LogP contribution in [0.25, 0.3) is 0 Å². The minimum absolute atomic E-state index is 0.0677. The molecule has 1 saturated carbocycles. The van der Waals surface area contributed by atoms with Gasteiger partial charge in [0.15, 0.2) is 5.78 Å². The molecule has 2 aromatic rings. The van der Waals surface area contributed by atoms with Crippen LogP contribution in [0.2, 0.25) is 0 Å². The molecule has 3 atom stereocenters. The Hall–Kier alpha value is -5.71. The number of para-hydroxylation sites is 1. The first-order valence-electron chi connectivity index (χ1n) is 18.1. The first kappa shape index (κ1) is 42.7. The van der Waals surface area contributed by atoms with E-state index in [1.807, 2.05) is 39.0 Å². The van der Waals surface area contributed by atoms with Crippen molar-refractivity contribution in [3.8, 4) is 12.3 Å². The van der Waals surface area contributed by atoms with E-state index < -0.39 is 77.8 Å². The van der Waals surface area contributed by atoms with Gasteiger partial charge in [-0.2, -0.15) is 0 Å². The van der Waals surface area contributed by atoms with Gasteiger partial charge < -0.3 is 37.0 Å². The summed E-state index contributed by atoms with van der Waals surface area (Å²) in [5, 5.41) is 20.4. The van der Waals surface area contributed by atoms with Crippen molar-refractivity contribution < 1.29 is 38.7 Å². The van der Waals surface area contributed by atoms with Crippen molar-refractivity contribution in [1.29, 1.82) is 0 Å². The third kappa shape index (κ3) is 12.5. The highest BCUT2D eigenvalue weighted by Gasteiger charge is 2.41. The van der Waals surface area contributed by atoms with Crippen molar-refractivity contribution in [2.45, 2.75) is 103 Å². The molecular formula is C40H52N6O8. The number of nitrogens with one attached hydrogen (secondary N) is 4. The molecule has 1 fully saturated rings. The smallest absolute Gasteiger partial charge is 0.323 e. The Morgan fingerprint density at radius 2 is 1.57 bits per heavy atom. The lowest BCUT2D eigenvalue weighted by Gasteiger charge is -2.36. The molecular weight excluding hydrogens is 692 g/mol. The molecule has 0 saturated heterocycles. The first-order chi connectivity index (χ1) is 25.5. The van der Waals surface area contributed by atoms with Crippen LogP contribution in [0.5, 0.6) is 0 Å². The number of Topliss-reactive ketones (excluding diaryl/α,β-unsaturated/α-hetero) is 1. The summed E-state index contributed by atoms with van der Waals surface area (Å²) < 4.78 is 0. The second-order valence-electron chi connectivity index (χ2n) is 14.3. The number of carboxylic acid groups (broad SMARTS) is 1. The highest BCUT2D eigenvalue weighted by Crippen LogP contribution is 2.29. The van der Waals surface area contributed by atoms with E-state index in [9.17, 15) is 38.7 Å². The number of urea groups is 1. The maximum absolute atomic E-state index is 13.7. The third-order valence-electron chi connectivity index (χ3n) is 9.63. The highest BCUT2D eigenvalue weighted by atomic mass is 16.4. The van der Waals surface area contributed by atoms with Crippen LogP contribution in [0.3, 0.4) is 0 Å². The predicted molar refractivity (Wildman–Crippen MR) is 204 cm³/mol. The lowest BCUT2D eigenvalue weighted by atomic mass is 9.80. The molecule has 290 valence electrons. The van der Waals surface area contributed by atoms with E-state index in [4.69, 9.17) is 12.2 Å². The fraction of sp³-hybridized carbons (Fsp3) is 0.475. The minimum atomic E-state index is -1.52. The molecule has 3 rings (SSSR count). The molecule has 0 aliphatic heterocycles. The number of aliphatic carboxylic acids is 1. The van der Waals surface area contributed by atoms with Crippen molar-refractivity contribution in [3.05, 3.63) is 59.7 Å². The molecule has 6 amide bonds. The fourth-order valence-corrected chi connectivity index (χ4v) is 6.46. The number of carbonyl (C=O) groups excluding carboxylic acids is 6. The monoisotopic (exact) mass is 744 g/mol. The molecule has 14 nitrogen and oxygen atoms in total. The number of hydrogen-bond acceptors (Lipinski definition) is 7. The molecule has 2 aromatic carbocycles. The number of anilines is 2. The zero-order valence-electron chi connectivity index (χ0n) is 31.4. The second-order valence-corrected chi connectivity index (χ2v) is 14.3. The summed E-state index contributed by atoms with van der Waals surface area (Å²) in [4.78, 5) is 92.1. The Bertz CT molecular complexity index is 1730. The highest BCUT2D eigenvalue weighted by molar-refractivity contribution is 6.00. The molecule has 0 spiro atoms. The Kier molecular flexibility index (Phi) is 15.8. The van der Waals surface area contributed by atoms with Crippen LogP contribution in [-0.4, -0.2) is 76.1 Å². The van der Waals surface area contributed by atoms with Gasteiger partial charge >= 0.3 is 12.0 Å². The van der Waals surface area contributed by atoms with Gasteiger partial charge in [-0.1, -0.05) is 63.4 Å². The number of terminal acetylenes is 1. The lowest BCUT2D eigenvalue weighted by molar-refractivity contribution is -0.143. The van der Waals surface area contributed by atoms with Gasteiger partial charge in [-0.25, -0.2) is 4.79 Å². The zero-order chi connectivity index (χ0) is 40.0. The largest absolute Gasteiger partial charge is 0.481 e. The average Bonchev–Trinajstić information content (AvgIpc) is 3.11. The van der Waals surface area contributed by atoms with Gasteiger partial charge in [-0.15, -0.1) is 12.3 Å². The Morgan fingerprint density at radius 1 is 0.926 bits per heavy atom. The maximum atomic E-state index is 13.7. The molecule has 7 N–H and O–H groups in total. The van der Waals surface area contributed by atoms with Crippen LogP contribution in [0, 0.1) is 31.1 Å². The topological polar surface area (TPSA) is 217 Å². The summed E-state index contributed by atoms with van der Waals surface area (Å²) in [5.74, 6) is -3.38. The first-order valence-corrected chi connectivity index (χ1v) is 18.1. The van der Waals surface area contributed by atoms with E-state index >= 15 is 0 Å². The van der Waals surface area contributed by atoms with Gasteiger partial charge in [0.2, 0.25) is 23.6 Å². The molecule has 0 bridgehead atoms. The number of primary amides is 1. The fourth-order valence-electron chi connectivity index (χ4n) is 6.46. The number of ketones is 1. The summed E-state index contributed by atoms with van der Waals surface area (Å²) in [7, 11) is 1.46. The standard InChI is InChI=1S/C40H52N6O8/c1-6-12-28(36(51)45-40(38(41)53)19-10-7-11-20-40)23-33(47)31(24-35(49)50)43-37(52)32(21-25(2)3)46(5)34(48)22-27-15-17-29(18-16-27)42-39(54)44-30-14-9-8-13-26(30)4/h1,8-9,13-18,25,28,31-32H,7,10-12,19-24H2,2-5H3,(H2,41,53)(H,43,52)(H,45,51)(H,49,50)(H2,42,44,54)/t28-,31-,32-/m0/s1. The predicted octanol–water partition coefficient (Wildman–Crippen LogP) is 3.92. The molecule has 0 heterocycles. The molecule has 0 unspecified atom stereocenters. The quantitative estimate of drug-likeness (QED) is 0.123. The summed E-state index contributed by atoms with van der Waals surface area (Å²) >= 11 is 0. The molecule has 1 aliphatic carbocycles. The molecule has 0 aromatic heterocycles. The normalized spacial score (nSPS) is 15.0. The van der Waals surface area contributed by atoms with Crippen LogP contribution < -0.4 is 27.0 Å². The lowest BCUT2D eigenvalue weighted by Crippen LogP contribution is -2.59. The number of nitrogens with zero attached hydrogens (tertiary/aromatic N) is 1. The van der Waals surface area contributed by atoms with Crippen LogP contribution >= 0.6 is 0 Å². The summed E-state index contributed by atoms with van der Waals surface area (Å²) in [6.07, 6.45) is 7.15.